The lowest BCUT2D eigenvalue weighted by Gasteiger charge is -2.12. The van der Waals surface area contributed by atoms with Gasteiger partial charge in [0.2, 0.25) is 11.8 Å². The first-order valence-corrected chi connectivity index (χ1v) is 5.16. The second-order valence-electron chi connectivity index (χ2n) is 3.46. The van der Waals surface area contributed by atoms with Gasteiger partial charge in [0, 0.05) is 27.2 Å². The molecule has 17 heavy (non-hydrogen) atoms. The Balaban J connectivity index is 3.52. The Morgan fingerprint density at radius 3 is 2.12 bits per heavy atom. The Morgan fingerprint density at radius 1 is 1.00 bits per heavy atom. The highest BCUT2D eigenvalue weighted by molar-refractivity contribution is 5.85. The molecule has 0 heterocycles. The van der Waals surface area contributed by atoms with Gasteiger partial charge in [0.25, 0.3) is 0 Å². The quantitative estimate of drug-likeness (QED) is 0.385. The first kappa shape index (κ1) is 15.2. The summed E-state index contributed by atoms with van der Waals surface area (Å²) in [5.41, 5.74) is 5.05. The van der Waals surface area contributed by atoms with E-state index in [0.29, 0.717) is 13.1 Å². The molecular weight excluding hydrogens is 226 g/mol. The third-order valence-electron chi connectivity index (χ3n) is 1.76. The van der Waals surface area contributed by atoms with Crippen LogP contribution in [0, 0.1) is 0 Å². The van der Waals surface area contributed by atoms with Gasteiger partial charge < -0.3 is 26.6 Å². The summed E-state index contributed by atoms with van der Waals surface area (Å²) < 4.78 is 0. The van der Waals surface area contributed by atoms with Crippen molar-refractivity contribution in [3.63, 3.8) is 0 Å². The fourth-order valence-corrected chi connectivity index (χ4v) is 0.843. The first-order chi connectivity index (χ1) is 7.97. The Kier molecular flexibility index (Phi) is 7.44. The van der Waals surface area contributed by atoms with Gasteiger partial charge >= 0.3 is 6.03 Å². The van der Waals surface area contributed by atoms with Gasteiger partial charge in [-0.1, -0.05) is 0 Å². The number of nitrogens with zero attached hydrogens (tertiary/aromatic N) is 1. The molecule has 0 saturated heterocycles. The molecule has 0 aliphatic heterocycles. The van der Waals surface area contributed by atoms with Crippen molar-refractivity contribution in [2.24, 2.45) is 5.73 Å². The van der Waals surface area contributed by atoms with Gasteiger partial charge in [-0.25, -0.2) is 4.79 Å². The Labute approximate surface area is 99.9 Å². The van der Waals surface area contributed by atoms with E-state index in [1.54, 1.807) is 14.1 Å². The molecule has 0 fully saturated rings. The van der Waals surface area contributed by atoms with Crippen molar-refractivity contribution in [2.75, 3.05) is 40.3 Å². The molecule has 0 aliphatic carbocycles. The van der Waals surface area contributed by atoms with Crippen LogP contribution in [0.1, 0.15) is 0 Å². The van der Waals surface area contributed by atoms with Crippen molar-refractivity contribution >= 4 is 17.8 Å². The van der Waals surface area contributed by atoms with Gasteiger partial charge in [-0.05, 0) is 0 Å². The Hall–Kier alpha value is -1.83. The number of hydrogen-bond donors (Lipinski definition) is 4. The summed E-state index contributed by atoms with van der Waals surface area (Å²) >= 11 is 0. The van der Waals surface area contributed by atoms with Gasteiger partial charge in [-0.3, -0.25) is 9.59 Å². The van der Waals surface area contributed by atoms with E-state index in [1.807, 2.05) is 0 Å². The maximum Gasteiger partial charge on any atom is 0.316 e. The second kappa shape index (κ2) is 8.34. The van der Waals surface area contributed by atoms with Crippen molar-refractivity contribution in [1.82, 2.24) is 20.9 Å². The monoisotopic (exact) mass is 245 g/mol. The molecule has 0 atom stereocenters. The van der Waals surface area contributed by atoms with Crippen LogP contribution in [-0.4, -0.2) is 63.0 Å². The van der Waals surface area contributed by atoms with Gasteiger partial charge in [-0.2, -0.15) is 0 Å². The number of carbonyl (C=O) groups excluding carboxylic acids is 3. The largest absolute Gasteiger partial charge is 0.353 e. The minimum atomic E-state index is -0.388. The number of urea groups is 1. The summed E-state index contributed by atoms with van der Waals surface area (Å²) in [6, 6.07) is -0.226. The molecule has 4 amide bonds. The van der Waals surface area contributed by atoms with E-state index in [0.717, 1.165) is 0 Å². The highest BCUT2D eigenvalue weighted by Gasteiger charge is 2.04. The fraction of sp³-hybridized carbons (Fsp3) is 0.667. The molecule has 0 rings (SSSR count). The van der Waals surface area contributed by atoms with E-state index in [2.05, 4.69) is 16.0 Å². The Bertz CT molecular complexity index is 280. The molecule has 8 heteroatoms. The van der Waals surface area contributed by atoms with Crippen molar-refractivity contribution in [3.05, 3.63) is 0 Å². The predicted molar refractivity (Wildman–Crippen MR) is 62.2 cm³/mol. The van der Waals surface area contributed by atoms with Crippen LogP contribution in [0.3, 0.4) is 0 Å². The van der Waals surface area contributed by atoms with E-state index in [4.69, 9.17) is 5.73 Å². The molecule has 0 aromatic carbocycles. The molecule has 0 unspecified atom stereocenters. The van der Waals surface area contributed by atoms with E-state index in [9.17, 15) is 14.4 Å². The molecule has 0 saturated carbocycles. The standard InChI is InChI=1S/C9H19N5O3/c1-14(2)9(17)12-4-3-11-8(16)6-13-7(15)5-10/h3-6,10H2,1-2H3,(H,11,16)(H,12,17)(H,13,15). The van der Waals surface area contributed by atoms with Crippen LogP contribution in [0.4, 0.5) is 4.79 Å². The molecule has 0 aromatic heterocycles. The van der Waals surface area contributed by atoms with Crippen LogP contribution in [0.2, 0.25) is 0 Å². The van der Waals surface area contributed by atoms with Crippen molar-refractivity contribution < 1.29 is 14.4 Å². The van der Waals surface area contributed by atoms with Crippen LogP contribution in [0.25, 0.3) is 0 Å². The van der Waals surface area contributed by atoms with Crippen LogP contribution in [0.15, 0.2) is 0 Å². The zero-order chi connectivity index (χ0) is 13.3. The minimum Gasteiger partial charge on any atom is -0.353 e. The smallest absolute Gasteiger partial charge is 0.316 e. The van der Waals surface area contributed by atoms with Gasteiger partial charge in [-0.15, -0.1) is 0 Å². The normalized spacial score (nSPS) is 9.35. The number of amides is 4. The Morgan fingerprint density at radius 2 is 1.59 bits per heavy atom. The number of carbonyl (C=O) groups is 3. The van der Waals surface area contributed by atoms with Crippen molar-refractivity contribution in [2.45, 2.75) is 0 Å². The van der Waals surface area contributed by atoms with E-state index < -0.39 is 0 Å². The highest BCUT2D eigenvalue weighted by atomic mass is 16.2. The summed E-state index contributed by atoms with van der Waals surface area (Å²) in [5.74, 6) is -0.716. The third-order valence-corrected chi connectivity index (χ3v) is 1.76. The molecule has 5 N–H and O–H groups in total. The van der Waals surface area contributed by atoms with Crippen LogP contribution in [-0.2, 0) is 9.59 Å². The lowest BCUT2D eigenvalue weighted by atomic mass is 10.5. The summed E-state index contributed by atoms with van der Waals surface area (Å²) in [7, 11) is 3.24. The number of nitrogens with one attached hydrogen (secondary N) is 3. The molecule has 0 radical (unpaired) electrons. The van der Waals surface area contributed by atoms with Crippen molar-refractivity contribution in [1.29, 1.82) is 0 Å². The number of nitrogens with two attached hydrogens (primary N) is 1. The molecule has 0 spiro atoms. The van der Waals surface area contributed by atoms with E-state index >= 15 is 0 Å². The number of rotatable bonds is 6. The predicted octanol–water partition coefficient (Wildman–Crippen LogP) is -2.55. The maximum atomic E-state index is 11.2. The SMILES string of the molecule is CN(C)C(=O)NCCNC(=O)CNC(=O)CN. The van der Waals surface area contributed by atoms with Crippen LogP contribution >= 0.6 is 0 Å². The fourth-order valence-electron chi connectivity index (χ4n) is 0.843. The molecule has 98 valence electrons. The number of hydrogen-bond acceptors (Lipinski definition) is 4. The zero-order valence-corrected chi connectivity index (χ0v) is 10.1. The summed E-state index contributed by atoms with van der Waals surface area (Å²) in [4.78, 5) is 34.3. The van der Waals surface area contributed by atoms with Gasteiger partial charge in [0.05, 0.1) is 13.1 Å². The molecule has 0 bridgehead atoms. The van der Waals surface area contributed by atoms with E-state index in [1.165, 1.54) is 4.90 Å². The summed E-state index contributed by atoms with van der Waals surface area (Å²) in [6.45, 7) is 0.369. The van der Waals surface area contributed by atoms with Crippen LogP contribution < -0.4 is 21.7 Å². The molecule has 0 aromatic rings. The van der Waals surface area contributed by atoms with Crippen LogP contribution in [0.5, 0.6) is 0 Å². The van der Waals surface area contributed by atoms with Gasteiger partial charge in [0.15, 0.2) is 0 Å². The topological polar surface area (TPSA) is 117 Å². The molecular formula is C9H19N5O3. The van der Waals surface area contributed by atoms with Gasteiger partial charge in [0.1, 0.15) is 0 Å². The first-order valence-electron chi connectivity index (χ1n) is 5.16. The summed E-state index contributed by atoms with van der Waals surface area (Å²) in [6.07, 6.45) is 0. The second-order valence-corrected chi connectivity index (χ2v) is 3.46. The lowest BCUT2D eigenvalue weighted by Crippen LogP contribution is -2.43. The highest BCUT2D eigenvalue weighted by Crippen LogP contribution is 1.74. The minimum absolute atomic E-state index is 0.113. The zero-order valence-electron chi connectivity index (χ0n) is 10.1. The molecule has 0 aliphatic rings. The third kappa shape index (κ3) is 8.03. The average molecular weight is 245 g/mol. The van der Waals surface area contributed by atoms with E-state index in [-0.39, 0.29) is 30.9 Å². The summed E-state index contributed by atoms with van der Waals surface area (Å²) in [5, 5.41) is 7.44. The van der Waals surface area contributed by atoms with Crippen molar-refractivity contribution in [3.8, 4) is 0 Å². The maximum absolute atomic E-state index is 11.2. The average Bonchev–Trinajstić information content (AvgIpc) is 2.30. The lowest BCUT2D eigenvalue weighted by molar-refractivity contribution is -0.125. The molecule has 8 nitrogen and oxygen atoms in total.